The average molecular weight is 126 g/mol. The lowest BCUT2D eigenvalue weighted by atomic mass is 10.3. The van der Waals surface area contributed by atoms with Gasteiger partial charge >= 0.3 is 0 Å². The Bertz CT molecular complexity index is 120. The highest BCUT2D eigenvalue weighted by molar-refractivity contribution is 7.83. The second-order valence-corrected chi connectivity index (χ2v) is 1.75. The van der Waals surface area contributed by atoms with E-state index >= 15 is 0 Å². The molecular formula is C7H10S. The molecule has 0 heterocycles. The maximum Gasteiger partial charge on any atom is -0.0324 e. The smallest absolute Gasteiger partial charge is 0.0324 e. The lowest BCUT2D eigenvalue weighted by Gasteiger charge is -1.81. The first kappa shape index (κ1) is 7.57. The molecule has 0 saturated heterocycles. The molecule has 0 aromatic rings. The summed E-state index contributed by atoms with van der Waals surface area (Å²) in [5.41, 5.74) is 1.15. The molecule has 0 saturated carbocycles. The van der Waals surface area contributed by atoms with Crippen LogP contribution in [0.25, 0.3) is 0 Å². The zero-order valence-corrected chi connectivity index (χ0v) is 5.86. The van der Waals surface area contributed by atoms with Gasteiger partial charge in [0, 0.05) is 0 Å². The predicted molar refractivity (Wildman–Crippen MR) is 42.1 cm³/mol. The third kappa shape index (κ3) is 3.75. The van der Waals surface area contributed by atoms with Crippen LogP contribution >= 0.6 is 12.6 Å². The quantitative estimate of drug-likeness (QED) is 0.426. The Balaban J connectivity index is 3.74. The fourth-order valence-electron chi connectivity index (χ4n) is 0.263. The highest BCUT2D eigenvalue weighted by atomic mass is 32.1. The predicted octanol–water partition coefficient (Wildman–Crippen LogP) is 2.56. The molecule has 0 unspecified atom stereocenters. The van der Waals surface area contributed by atoms with E-state index in [-0.39, 0.29) is 0 Å². The van der Waals surface area contributed by atoms with Crippen LogP contribution in [0.15, 0.2) is 35.8 Å². The first-order valence-electron chi connectivity index (χ1n) is 2.41. The van der Waals surface area contributed by atoms with Crippen LogP contribution in [0.2, 0.25) is 0 Å². The van der Waals surface area contributed by atoms with Gasteiger partial charge in [-0.2, -0.15) is 12.6 Å². The van der Waals surface area contributed by atoms with E-state index < -0.39 is 0 Å². The lowest BCUT2D eigenvalue weighted by Crippen LogP contribution is -1.59. The summed E-state index contributed by atoms with van der Waals surface area (Å²) in [6.07, 6.45) is 5.61. The highest BCUT2D eigenvalue weighted by Crippen LogP contribution is 1.92. The van der Waals surface area contributed by atoms with E-state index in [4.69, 9.17) is 0 Å². The molecule has 0 amide bonds. The molecule has 0 fully saturated rings. The standard InChI is InChI=1S/C7H10S/c1-3-7(2)5-4-6-8/h3-6,8H,1H2,2H3/b6-4+,7-5-. The number of thiol groups is 1. The SMILES string of the molecule is C=C/C(C)=C\C=C\S. The zero-order chi connectivity index (χ0) is 6.41. The molecule has 8 heavy (non-hydrogen) atoms. The normalized spacial score (nSPS) is 12.5. The number of hydrogen-bond acceptors (Lipinski definition) is 1. The largest absolute Gasteiger partial charge is 0.151 e. The fourth-order valence-corrected chi connectivity index (χ4v) is 0.349. The molecule has 1 heteroatoms. The van der Waals surface area contributed by atoms with Crippen LogP contribution in [0.4, 0.5) is 0 Å². The van der Waals surface area contributed by atoms with Gasteiger partial charge in [0.15, 0.2) is 0 Å². The summed E-state index contributed by atoms with van der Waals surface area (Å²) in [7, 11) is 0. The maximum absolute atomic E-state index is 3.87. The van der Waals surface area contributed by atoms with Crippen LogP contribution in [0.1, 0.15) is 6.92 Å². The molecule has 0 bridgehead atoms. The summed E-state index contributed by atoms with van der Waals surface area (Å²) in [5.74, 6) is 0. The van der Waals surface area contributed by atoms with Crippen LogP contribution in [-0.2, 0) is 0 Å². The Morgan fingerprint density at radius 3 is 2.62 bits per heavy atom. The van der Waals surface area contributed by atoms with E-state index in [1.807, 2.05) is 19.1 Å². The van der Waals surface area contributed by atoms with Crippen LogP contribution in [0, 0.1) is 0 Å². The minimum Gasteiger partial charge on any atom is -0.151 e. The number of rotatable bonds is 2. The van der Waals surface area contributed by atoms with E-state index in [0.717, 1.165) is 5.57 Å². The zero-order valence-electron chi connectivity index (χ0n) is 4.96. The summed E-state index contributed by atoms with van der Waals surface area (Å²) in [6, 6.07) is 0. The van der Waals surface area contributed by atoms with Crippen molar-refractivity contribution < 1.29 is 0 Å². The van der Waals surface area contributed by atoms with Gasteiger partial charge in [-0.15, -0.1) is 0 Å². The number of allylic oxidation sites excluding steroid dienone is 4. The van der Waals surface area contributed by atoms with Crippen molar-refractivity contribution in [3.8, 4) is 0 Å². The molecule has 0 rings (SSSR count). The van der Waals surface area contributed by atoms with Crippen LogP contribution in [-0.4, -0.2) is 0 Å². The maximum atomic E-state index is 3.87. The third-order valence-corrected chi connectivity index (χ3v) is 0.939. The molecule has 0 aliphatic rings. The van der Waals surface area contributed by atoms with E-state index in [0.29, 0.717) is 0 Å². The van der Waals surface area contributed by atoms with Crippen molar-refractivity contribution in [3.05, 3.63) is 35.8 Å². The van der Waals surface area contributed by atoms with Gasteiger partial charge in [0.2, 0.25) is 0 Å². The van der Waals surface area contributed by atoms with Gasteiger partial charge < -0.3 is 0 Å². The van der Waals surface area contributed by atoms with Gasteiger partial charge in [0.05, 0.1) is 0 Å². The van der Waals surface area contributed by atoms with Gasteiger partial charge in [-0.1, -0.05) is 30.4 Å². The Morgan fingerprint density at radius 2 is 2.25 bits per heavy atom. The highest BCUT2D eigenvalue weighted by Gasteiger charge is 1.70. The van der Waals surface area contributed by atoms with Crippen molar-refractivity contribution in [3.63, 3.8) is 0 Å². The van der Waals surface area contributed by atoms with Crippen molar-refractivity contribution in [1.82, 2.24) is 0 Å². The molecule has 0 radical (unpaired) electrons. The van der Waals surface area contributed by atoms with Crippen molar-refractivity contribution in [2.75, 3.05) is 0 Å². The van der Waals surface area contributed by atoms with Crippen LogP contribution in [0.3, 0.4) is 0 Å². The Kier molecular flexibility index (Phi) is 4.47. The summed E-state index contributed by atoms with van der Waals surface area (Å²) in [4.78, 5) is 0. The minimum atomic E-state index is 1.15. The van der Waals surface area contributed by atoms with E-state index in [1.165, 1.54) is 0 Å². The molecule has 0 N–H and O–H groups in total. The van der Waals surface area contributed by atoms with Crippen LogP contribution < -0.4 is 0 Å². The first-order valence-corrected chi connectivity index (χ1v) is 2.93. The van der Waals surface area contributed by atoms with Crippen molar-refractivity contribution in [1.29, 1.82) is 0 Å². The molecule has 0 aliphatic heterocycles. The second-order valence-electron chi connectivity index (χ2n) is 1.46. The lowest BCUT2D eigenvalue weighted by molar-refractivity contribution is 1.54. The van der Waals surface area contributed by atoms with Gasteiger partial charge in [-0.05, 0) is 12.3 Å². The Morgan fingerprint density at radius 1 is 1.62 bits per heavy atom. The summed E-state index contributed by atoms with van der Waals surface area (Å²) < 4.78 is 0. The molecule has 0 aromatic heterocycles. The Hall–Kier alpha value is -0.430. The number of hydrogen-bond donors (Lipinski definition) is 1. The molecule has 0 spiro atoms. The Labute approximate surface area is 56.0 Å². The molecule has 0 nitrogen and oxygen atoms in total. The second kappa shape index (κ2) is 4.72. The average Bonchev–Trinajstić information content (AvgIpc) is 1.83. The van der Waals surface area contributed by atoms with Crippen LogP contribution in [0.5, 0.6) is 0 Å². The molecule has 0 aliphatic carbocycles. The minimum absolute atomic E-state index is 1.15. The molecule has 0 aromatic carbocycles. The monoisotopic (exact) mass is 126 g/mol. The van der Waals surface area contributed by atoms with E-state index in [1.54, 1.807) is 11.5 Å². The third-order valence-electron chi connectivity index (χ3n) is 0.767. The van der Waals surface area contributed by atoms with Crippen molar-refractivity contribution >= 4 is 12.6 Å². The van der Waals surface area contributed by atoms with Gasteiger partial charge in [-0.25, -0.2) is 0 Å². The van der Waals surface area contributed by atoms with Crippen molar-refractivity contribution in [2.45, 2.75) is 6.92 Å². The van der Waals surface area contributed by atoms with Crippen molar-refractivity contribution in [2.24, 2.45) is 0 Å². The van der Waals surface area contributed by atoms with Gasteiger partial charge in [0.25, 0.3) is 0 Å². The summed E-state index contributed by atoms with van der Waals surface area (Å²) in [6.45, 7) is 5.57. The summed E-state index contributed by atoms with van der Waals surface area (Å²) >= 11 is 3.87. The van der Waals surface area contributed by atoms with E-state index in [9.17, 15) is 0 Å². The first-order chi connectivity index (χ1) is 3.81. The van der Waals surface area contributed by atoms with E-state index in [2.05, 4.69) is 19.2 Å². The topological polar surface area (TPSA) is 0 Å². The molecular weight excluding hydrogens is 116 g/mol. The fraction of sp³-hybridized carbons (Fsp3) is 0.143. The van der Waals surface area contributed by atoms with Gasteiger partial charge in [0.1, 0.15) is 0 Å². The molecule has 44 valence electrons. The molecule has 0 atom stereocenters. The summed E-state index contributed by atoms with van der Waals surface area (Å²) in [5, 5.41) is 1.69. The van der Waals surface area contributed by atoms with Gasteiger partial charge in [-0.3, -0.25) is 0 Å².